The monoisotopic (exact) mass is 261 g/mol. The predicted octanol–water partition coefficient (Wildman–Crippen LogP) is 4.11. The molecule has 0 fully saturated rings. The summed E-state index contributed by atoms with van der Waals surface area (Å²) in [5.41, 5.74) is 1.31. The maximum Gasteiger partial charge on any atom is 0.123 e. The molecule has 1 N–H and O–H groups in total. The fraction of sp³-hybridized carbons (Fsp3) is 0.647. The molecule has 1 heterocycles. The van der Waals surface area contributed by atoms with E-state index in [1.54, 1.807) is 0 Å². The summed E-state index contributed by atoms with van der Waals surface area (Å²) in [7, 11) is 0. The highest BCUT2D eigenvalue weighted by molar-refractivity contribution is 5.40. The van der Waals surface area contributed by atoms with Crippen LogP contribution in [0.5, 0.6) is 5.75 Å². The standard InChI is InChI=1S/C17H27NO/c1-5-9-15(18-6-2)14-12-17(3,4)19-16-11-8-7-10-13(14)16/h7-8,10-11,14-15,18H,5-6,9,12H2,1-4H3. The van der Waals surface area contributed by atoms with E-state index in [-0.39, 0.29) is 5.60 Å². The van der Waals surface area contributed by atoms with Crippen molar-refractivity contribution in [3.8, 4) is 5.75 Å². The van der Waals surface area contributed by atoms with Crippen molar-refractivity contribution in [3.63, 3.8) is 0 Å². The smallest absolute Gasteiger partial charge is 0.123 e. The molecule has 19 heavy (non-hydrogen) atoms. The molecule has 2 nitrogen and oxygen atoms in total. The molecule has 0 spiro atoms. The Hall–Kier alpha value is -1.02. The Morgan fingerprint density at radius 3 is 2.74 bits per heavy atom. The maximum absolute atomic E-state index is 6.13. The summed E-state index contributed by atoms with van der Waals surface area (Å²) in [6.45, 7) is 9.89. The first-order chi connectivity index (χ1) is 9.07. The zero-order valence-corrected chi connectivity index (χ0v) is 12.7. The van der Waals surface area contributed by atoms with Gasteiger partial charge < -0.3 is 10.1 Å². The minimum Gasteiger partial charge on any atom is -0.488 e. The lowest BCUT2D eigenvalue weighted by molar-refractivity contribution is 0.0641. The molecule has 2 rings (SSSR count). The summed E-state index contributed by atoms with van der Waals surface area (Å²) in [6, 6.07) is 9.09. The van der Waals surface area contributed by atoms with Crippen LogP contribution >= 0.6 is 0 Å². The molecule has 0 aromatic heterocycles. The Morgan fingerprint density at radius 1 is 1.32 bits per heavy atom. The van der Waals surface area contributed by atoms with E-state index in [9.17, 15) is 0 Å². The molecule has 0 bridgehead atoms. The van der Waals surface area contributed by atoms with E-state index in [4.69, 9.17) is 4.74 Å². The average molecular weight is 261 g/mol. The Bertz CT molecular complexity index is 407. The van der Waals surface area contributed by atoms with Crippen molar-refractivity contribution in [2.75, 3.05) is 6.54 Å². The average Bonchev–Trinajstić information content (AvgIpc) is 2.36. The minimum atomic E-state index is -0.0690. The summed E-state index contributed by atoms with van der Waals surface area (Å²) < 4.78 is 6.13. The van der Waals surface area contributed by atoms with Gasteiger partial charge in [0.05, 0.1) is 0 Å². The fourth-order valence-electron chi connectivity index (χ4n) is 3.24. The lowest BCUT2D eigenvalue weighted by Gasteiger charge is -2.41. The highest BCUT2D eigenvalue weighted by Gasteiger charge is 2.36. The summed E-state index contributed by atoms with van der Waals surface area (Å²) >= 11 is 0. The van der Waals surface area contributed by atoms with Gasteiger partial charge in [0.15, 0.2) is 0 Å². The molecular formula is C17H27NO. The number of rotatable bonds is 5. The molecule has 0 saturated heterocycles. The van der Waals surface area contributed by atoms with Gasteiger partial charge in [-0.15, -0.1) is 0 Å². The molecule has 1 aliphatic heterocycles. The topological polar surface area (TPSA) is 21.3 Å². The number of benzene rings is 1. The Labute approximate surface area is 117 Å². The van der Waals surface area contributed by atoms with Gasteiger partial charge in [0.25, 0.3) is 0 Å². The third kappa shape index (κ3) is 3.30. The number of fused-ring (bicyclic) bond motifs is 1. The summed E-state index contributed by atoms with van der Waals surface area (Å²) in [4.78, 5) is 0. The first-order valence-corrected chi connectivity index (χ1v) is 7.58. The van der Waals surface area contributed by atoms with Crippen molar-refractivity contribution in [1.29, 1.82) is 0 Å². The Kier molecular flexibility index (Phi) is 4.51. The molecule has 2 atom stereocenters. The van der Waals surface area contributed by atoms with Crippen molar-refractivity contribution >= 4 is 0 Å². The van der Waals surface area contributed by atoms with E-state index in [0.717, 1.165) is 18.7 Å². The molecule has 2 unspecified atom stereocenters. The van der Waals surface area contributed by atoms with Crippen LogP contribution in [0.3, 0.4) is 0 Å². The Balaban J connectivity index is 2.32. The summed E-state index contributed by atoms with van der Waals surface area (Å²) in [6.07, 6.45) is 3.53. The maximum atomic E-state index is 6.13. The molecule has 0 saturated carbocycles. The van der Waals surface area contributed by atoms with Gasteiger partial charge in [-0.1, -0.05) is 38.5 Å². The van der Waals surface area contributed by atoms with E-state index in [1.165, 1.54) is 18.4 Å². The second-order valence-electron chi connectivity index (χ2n) is 6.16. The lowest BCUT2D eigenvalue weighted by Crippen LogP contribution is -2.43. The third-order valence-corrected chi connectivity index (χ3v) is 3.97. The molecule has 0 amide bonds. The first kappa shape index (κ1) is 14.4. The van der Waals surface area contributed by atoms with Gasteiger partial charge >= 0.3 is 0 Å². The van der Waals surface area contributed by atoms with Crippen molar-refractivity contribution in [2.45, 2.75) is 64.5 Å². The number of nitrogens with one attached hydrogen (secondary N) is 1. The molecular weight excluding hydrogens is 234 g/mol. The van der Waals surface area contributed by atoms with Crippen LogP contribution in [0.4, 0.5) is 0 Å². The minimum absolute atomic E-state index is 0.0690. The summed E-state index contributed by atoms with van der Waals surface area (Å²) in [5.74, 6) is 1.63. The van der Waals surface area contributed by atoms with Gasteiger partial charge in [-0.2, -0.15) is 0 Å². The first-order valence-electron chi connectivity index (χ1n) is 7.58. The van der Waals surface area contributed by atoms with Crippen LogP contribution < -0.4 is 10.1 Å². The normalized spacial score (nSPS) is 22.4. The van der Waals surface area contributed by atoms with Gasteiger partial charge in [0, 0.05) is 12.0 Å². The summed E-state index contributed by atoms with van der Waals surface area (Å²) in [5, 5.41) is 3.68. The number of hydrogen-bond acceptors (Lipinski definition) is 2. The number of para-hydroxylation sites is 1. The Morgan fingerprint density at radius 2 is 2.05 bits per heavy atom. The van der Waals surface area contributed by atoms with Gasteiger partial charge in [0.1, 0.15) is 11.4 Å². The molecule has 1 aromatic rings. The quantitative estimate of drug-likeness (QED) is 0.861. The van der Waals surface area contributed by atoms with Gasteiger partial charge in [0.2, 0.25) is 0 Å². The van der Waals surface area contributed by atoms with Gasteiger partial charge in [-0.05, 0) is 44.9 Å². The SMILES string of the molecule is CCCC(NCC)C1CC(C)(C)Oc2ccccc21. The van der Waals surface area contributed by atoms with Crippen LogP contribution in [-0.4, -0.2) is 18.2 Å². The van der Waals surface area contributed by atoms with Crippen molar-refractivity contribution in [3.05, 3.63) is 29.8 Å². The van der Waals surface area contributed by atoms with Crippen LogP contribution in [0.2, 0.25) is 0 Å². The fourth-order valence-corrected chi connectivity index (χ4v) is 3.24. The van der Waals surface area contributed by atoms with Gasteiger partial charge in [-0.25, -0.2) is 0 Å². The molecule has 0 radical (unpaired) electrons. The molecule has 106 valence electrons. The highest BCUT2D eigenvalue weighted by atomic mass is 16.5. The highest BCUT2D eigenvalue weighted by Crippen LogP contribution is 2.43. The predicted molar refractivity (Wildman–Crippen MR) is 80.9 cm³/mol. The van der Waals surface area contributed by atoms with Crippen molar-refractivity contribution in [2.24, 2.45) is 0 Å². The van der Waals surface area contributed by atoms with Crippen molar-refractivity contribution in [1.82, 2.24) is 5.32 Å². The second kappa shape index (κ2) is 5.96. The van der Waals surface area contributed by atoms with Crippen LogP contribution in [0.1, 0.15) is 58.4 Å². The van der Waals surface area contributed by atoms with Crippen LogP contribution in [0, 0.1) is 0 Å². The number of hydrogen-bond donors (Lipinski definition) is 1. The molecule has 1 aliphatic rings. The van der Waals surface area contributed by atoms with Crippen molar-refractivity contribution < 1.29 is 4.74 Å². The van der Waals surface area contributed by atoms with Gasteiger partial charge in [-0.3, -0.25) is 0 Å². The van der Waals surface area contributed by atoms with Crippen LogP contribution in [0.25, 0.3) is 0 Å². The molecule has 1 aromatic carbocycles. The molecule has 0 aliphatic carbocycles. The van der Waals surface area contributed by atoms with E-state index in [1.807, 2.05) is 0 Å². The largest absolute Gasteiger partial charge is 0.488 e. The number of ether oxygens (including phenoxy) is 1. The number of likely N-dealkylation sites (N-methyl/N-ethyl adjacent to an activating group) is 1. The second-order valence-corrected chi connectivity index (χ2v) is 6.16. The zero-order valence-electron chi connectivity index (χ0n) is 12.7. The molecule has 2 heteroatoms. The van der Waals surface area contributed by atoms with E-state index in [2.05, 4.69) is 57.3 Å². The van der Waals surface area contributed by atoms with Crippen LogP contribution in [0.15, 0.2) is 24.3 Å². The van der Waals surface area contributed by atoms with E-state index < -0.39 is 0 Å². The lowest BCUT2D eigenvalue weighted by atomic mass is 9.78. The van der Waals surface area contributed by atoms with Crippen LogP contribution in [-0.2, 0) is 0 Å². The van der Waals surface area contributed by atoms with E-state index in [0.29, 0.717) is 12.0 Å². The third-order valence-electron chi connectivity index (χ3n) is 3.97. The van der Waals surface area contributed by atoms with E-state index >= 15 is 0 Å². The zero-order chi connectivity index (χ0) is 13.9.